The van der Waals surface area contributed by atoms with Crippen LogP contribution in [0.5, 0.6) is 0 Å². The highest BCUT2D eigenvalue weighted by molar-refractivity contribution is 6.32. The van der Waals surface area contributed by atoms with Crippen molar-refractivity contribution in [2.45, 2.75) is 45.3 Å². The summed E-state index contributed by atoms with van der Waals surface area (Å²) in [5.74, 6) is -0.845. The van der Waals surface area contributed by atoms with Gasteiger partial charge in [-0.15, -0.1) is 10.2 Å². The molecule has 0 spiro atoms. The van der Waals surface area contributed by atoms with Gasteiger partial charge in [0.05, 0.1) is 23.8 Å². The highest BCUT2D eigenvalue weighted by atomic mass is 35.5. The second-order valence-electron chi connectivity index (χ2n) is 12.2. The number of carbonyl (C=O) groups excluding carboxylic acids is 3. The number of hydrogen-bond donors (Lipinski definition) is 2. The van der Waals surface area contributed by atoms with Crippen molar-refractivity contribution in [3.05, 3.63) is 118 Å². The molecule has 51 heavy (non-hydrogen) atoms. The summed E-state index contributed by atoms with van der Waals surface area (Å²) in [5, 5.41) is 26.1. The van der Waals surface area contributed by atoms with Crippen LogP contribution < -0.4 is 10.6 Å². The Bertz CT molecular complexity index is 2000. The van der Waals surface area contributed by atoms with Crippen LogP contribution in [0, 0.1) is 0 Å². The van der Waals surface area contributed by atoms with Crippen LogP contribution in [0.4, 0.5) is 10.5 Å². The first-order valence-corrected chi connectivity index (χ1v) is 16.5. The number of benzene rings is 3. The number of tetrazole rings is 1. The topological polar surface area (TPSA) is 163 Å². The molecule has 262 valence electrons. The number of anilines is 1. The van der Waals surface area contributed by atoms with Gasteiger partial charge in [0.1, 0.15) is 18.5 Å². The molecule has 0 fully saturated rings. The summed E-state index contributed by atoms with van der Waals surface area (Å²) in [6.45, 7) is 5.16. The Morgan fingerprint density at radius 3 is 2.43 bits per heavy atom. The summed E-state index contributed by atoms with van der Waals surface area (Å²) >= 11 is 12.8. The SMILES string of the molecule is CC(C)(C)OC(=O)CCOC(=O)Nc1ccc(-c2cc([C@H](Cc3ccccc3)NC(=O)/C=C/c3cc(Cl)ccc3-n3cnnn3)nnc2Cl)cc1. The molecule has 2 heterocycles. The minimum Gasteiger partial charge on any atom is -0.460 e. The molecule has 0 aliphatic heterocycles. The smallest absolute Gasteiger partial charge is 0.411 e. The van der Waals surface area contributed by atoms with Gasteiger partial charge in [-0.2, -0.15) is 9.78 Å². The van der Waals surface area contributed by atoms with Crippen LogP contribution in [-0.4, -0.2) is 60.6 Å². The third kappa shape index (κ3) is 10.9. The van der Waals surface area contributed by atoms with E-state index in [1.165, 1.54) is 17.1 Å². The van der Waals surface area contributed by atoms with Crippen molar-refractivity contribution in [1.82, 2.24) is 35.7 Å². The van der Waals surface area contributed by atoms with Crippen LogP contribution in [0.15, 0.2) is 91.3 Å². The molecule has 0 saturated heterocycles. The van der Waals surface area contributed by atoms with Gasteiger partial charge >= 0.3 is 12.1 Å². The van der Waals surface area contributed by atoms with E-state index in [1.807, 2.05) is 30.3 Å². The van der Waals surface area contributed by atoms with E-state index in [-0.39, 0.29) is 24.1 Å². The van der Waals surface area contributed by atoms with Gasteiger partial charge in [0.15, 0.2) is 5.15 Å². The summed E-state index contributed by atoms with van der Waals surface area (Å²) < 4.78 is 11.8. The molecule has 2 N–H and O–H groups in total. The lowest BCUT2D eigenvalue weighted by atomic mass is 10.00. The Hall–Kier alpha value is -5.66. The van der Waals surface area contributed by atoms with Crippen molar-refractivity contribution in [2.75, 3.05) is 11.9 Å². The molecule has 0 radical (unpaired) electrons. The lowest BCUT2D eigenvalue weighted by Crippen LogP contribution is -2.29. The average molecular weight is 730 g/mol. The summed E-state index contributed by atoms with van der Waals surface area (Å²) in [4.78, 5) is 37.5. The lowest BCUT2D eigenvalue weighted by Gasteiger charge is -2.19. The minimum absolute atomic E-state index is 0.0632. The van der Waals surface area contributed by atoms with E-state index in [9.17, 15) is 14.4 Å². The van der Waals surface area contributed by atoms with E-state index in [0.29, 0.717) is 45.2 Å². The summed E-state index contributed by atoms with van der Waals surface area (Å²) in [7, 11) is 0. The minimum atomic E-state index is -0.715. The number of rotatable bonds is 12. The zero-order chi connectivity index (χ0) is 36.4. The van der Waals surface area contributed by atoms with E-state index < -0.39 is 23.7 Å². The zero-order valence-electron chi connectivity index (χ0n) is 27.9. The quantitative estimate of drug-likeness (QED) is 0.103. The van der Waals surface area contributed by atoms with Crippen LogP contribution in [0.2, 0.25) is 10.2 Å². The van der Waals surface area contributed by atoms with Gasteiger partial charge in [0.2, 0.25) is 5.91 Å². The Labute approximate surface area is 304 Å². The molecule has 0 bridgehead atoms. The number of nitrogens with zero attached hydrogens (tertiary/aromatic N) is 6. The largest absolute Gasteiger partial charge is 0.460 e. The molecule has 2 amide bonds. The molecule has 13 nitrogen and oxygen atoms in total. The number of halogens is 2. The standard InChI is InChI=1S/C36H34Cl2N8O5/c1-36(2,3)51-33(48)17-18-50-35(49)40-27-13-9-24(10-14-27)28-21-30(42-43-34(28)38)29(19-23-7-5-4-6-8-23)41-32(47)16-11-25-20-26(37)12-15-31(25)46-22-39-44-45-46/h4-16,20-22,29H,17-19H2,1-3H3,(H,40,49)(H,41,47)/b16-11+/t29-/m0/s1. The van der Waals surface area contributed by atoms with Crippen molar-refractivity contribution < 1.29 is 23.9 Å². The van der Waals surface area contributed by atoms with Gasteiger partial charge in [0, 0.05) is 27.9 Å². The van der Waals surface area contributed by atoms with E-state index >= 15 is 0 Å². The van der Waals surface area contributed by atoms with Gasteiger partial charge < -0.3 is 14.8 Å². The maximum Gasteiger partial charge on any atom is 0.411 e. The number of nitrogens with one attached hydrogen (secondary N) is 2. The normalized spacial score (nSPS) is 11.9. The highest BCUT2D eigenvalue weighted by Crippen LogP contribution is 2.30. The first kappa shape index (κ1) is 36.6. The van der Waals surface area contributed by atoms with E-state index in [4.69, 9.17) is 32.7 Å². The molecule has 0 aliphatic rings. The Balaban J connectivity index is 1.30. The Kier molecular flexibility index (Phi) is 12.1. The lowest BCUT2D eigenvalue weighted by molar-refractivity contribution is -0.155. The third-order valence-electron chi connectivity index (χ3n) is 7.13. The maximum absolute atomic E-state index is 13.4. The van der Waals surface area contributed by atoms with E-state index in [1.54, 1.807) is 75.4 Å². The highest BCUT2D eigenvalue weighted by Gasteiger charge is 2.20. The van der Waals surface area contributed by atoms with Crippen molar-refractivity contribution >= 4 is 52.9 Å². The van der Waals surface area contributed by atoms with E-state index in [2.05, 4.69) is 36.4 Å². The van der Waals surface area contributed by atoms with Gasteiger partial charge in [-0.1, -0.05) is 65.7 Å². The van der Waals surface area contributed by atoms with Crippen molar-refractivity contribution in [3.63, 3.8) is 0 Å². The molecule has 0 aliphatic carbocycles. The zero-order valence-corrected chi connectivity index (χ0v) is 29.4. The fraction of sp³-hybridized carbons (Fsp3) is 0.222. The summed E-state index contributed by atoms with van der Waals surface area (Å²) in [5.41, 5.74) is 3.82. The third-order valence-corrected chi connectivity index (χ3v) is 7.64. The molecule has 5 aromatic rings. The van der Waals surface area contributed by atoms with Crippen molar-refractivity contribution in [3.8, 4) is 16.8 Å². The van der Waals surface area contributed by atoms with Gasteiger partial charge in [0.25, 0.3) is 0 Å². The number of hydrogen-bond acceptors (Lipinski definition) is 10. The Morgan fingerprint density at radius 2 is 1.73 bits per heavy atom. The van der Waals surface area contributed by atoms with Crippen LogP contribution in [0.1, 0.15) is 50.1 Å². The van der Waals surface area contributed by atoms with E-state index in [0.717, 1.165) is 5.56 Å². The number of carbonyl (C=O) groups is 3. The molecular weight excluding hydrogens is 695 g/mol. The molecular formula is C36H34Cl2N8O5. The van der Waals surface area contributed by atoms with Crippen molar-refractivity contribution in [2.24, 2.45) is 0 Å². The number of amides is 2. The monoisotopic (exact) mass is 728 g/mol. The second kappa shape index (κ2) is 16.8. The second-order valence-corrected chi connectivity index (χ2v) is 13.0. The molecule has 15 heteroatoms. The number of aromatic nitrogens is 6. The first-order chi connectivity index (χ1) is 24.4. The number of ether oxygens (including phenoxy) is 2. The predicted molar refractivity (Wildman–Crippen MR) is 192 cm³/mol. The molecule has 0 unspecified atom stereocenters. The van der Waals surface area contributed by atoms with Gasteiger partial charge in [-0.25, -0.2) is 4.79 Å². The molecule has 3 aromatic carbocycles. The maximum atomic E-state index is 13.4. The van der Waals surface area contributed by atoms with Crippen LogP contribution in [0.3, 0.4) is 0 Å². The molecule has 0 saturated carbocycles. The predicted octanol–water partition coefficient (Wildman–Crippen LogP) is 6.82. The fourth-order valence-electron chi connectivity index (χ4n) is 4.87. The molecule has 5 rings (SSSR count). The fourth-order valence-corrected chi connectivity index (χ4v) is 5.26. The molecule has 2 aromatic heterocycles. The Morgan fingerprint density at radius 1 is 0.961 bits per heavy atom. The first-order valence-electron chi connectivity index (χ1n) is 15.8. The van der Waals surface area contributed by atoms with Gasteiger partial charge in [-0.05, 0) is 91.2 Å². The van der Waals surface area contributed by atoms with Gasteiger partial charge in [-0.3, -0.25) is 14.9 Å². The number of esters is 1. The molecule has 1 atom stereocenters. The van der Waals surface area contributed by atoms with Crippen molar-refractivity contribution in [1.29, 1.82) is 0 Å². The van der Waals surface area contributed by atoms with Crippen LogP contribution >= 0.6 is 23.2 Å². The van der Waals surface area contributed by atoms with Crippen LogP contribution in [-0.2, 0) is 25.5 Å². The summed E-state index contributed by atoms with van der Waals surface area (Å²) in [6.07, 6.45) is 4.11. The average Bonchev–Trinajstić information content (AvgIpc) is 3.62. The van der Waals surface area contributed by atoms with Crippen LogP contribution in [0.25, 0.3) is 22.9 Å². The summed E-state index contributed by atoms with van der Waals surface area (Å²) in [6, 6.07) is 22.9.